The van der Waals surface area contributed by atoms with Crippen LogP contribution in [0.15, 0.2) is 59.6 Å². The fraction of sp³-hybridized carbons (Fsp3) is 0.483. The van der Waals surface area contributed by atoms with E-state index in [1.807, 2.05) is 36.0 Å². The lowest BCUT2D eigenvalue weighted by Crippen LogP contribution is -2.42. The number of fused-ring (bicyclic) bond motifs is 1. The minimum Gasteiger partial charge on any atom is -0.497 e. The predicted molar refractivity (Wildman–Crippen MR) is 144 cm³/mol. The summed E-state index contributed by atoms with van der Waals surface area (Å²) in [5.41, 5.74) is 3.11. The SMILES string of the molecule is COc1ccc2nccc([C@H](O)CC[C@@H]3CCN(CCCSc4ccccc4C)C[C@@H]3CO)c2c1. The predicted octanol–water partition coefficient (Wildman–Crippen LogP) is 5.48. The molecule has 5 nitrogen and oxygen atoms in total. The lowest BCUT2D eigenvalue weighted by Gasteiger charge is -2.38. The molecule has 0 unspecified atom stereocenters. The van der Waals surface area contributed by atoms with Gasteiger partial charge in [-0.25, -0.2) is 0 Å². The number of pyridine rings is 1. The van der Waals surface area contributed by atoms with E-state index < -0.39 is 6.10 Å². The summed E-state index contributed by atoms with van der Waals surface area (Å²) in [6, 6.07) is 16.3. The molecule has 2 aromatic carbocycles. The lowest BCUT2D eigenvalue weighted by molar-refractivity contribution is 0.0581. The Labute approximate surface area is 213 Å². The number of aryl methyl sites for hydroxylation is 1. The molecule has 1 aliphatic rings. The average Bonchev–Trinajstić information content (AvgIpc) is 2.90. The first-order valence-corrected chi connectivity index (χ1v) is 13.7. The highest BCUT2D eigenvalue weighted by Gasteiger charge is 2.29. The number of aromatic nitrogens is 1. The average molecular weight is 495 g/mol. The van der Waals surface area contributed by atoms with Crippen LogP contribution in [0, 0.1) is 18.8 Å². The third kappa shape index (κ3) is 6.76. The van der Waals surface area contributed by atoms with E-state index in [1.165, 1.54) is 10.5 Å². The number of rotatable bonds is 11. The van der Waals surface area contributed by atoms with Crippen molar-refractivity contribution in [1.29, 1.82) is 0 Å². The number of ether oxygens (including phenoxy) is 1. The van der Waals surface area contributed by atoms with E-state index in [-0.39, 0.29) is 12.5 Å². The summed E-state index contributed by atoms with van der Waals surface area (Å²) in [6.07, 6.45) is 5.04. The molecule has 1 saturated heterocycles. The van der Waals surface area contributed by atoms with Gasteiger partial charge in [-0.3, -0.25) is 4.98 Å². The van der Waals surface area contributed by atoms with Gasteiger partial charge in [-0.05, 0) is 105 Å². The molecule has 1 fully saturated rings. The van der Waals surface area contributed by atoms with Crippen LogP contribution in [-0.4, -0.2) is 59.2 Å². The monoisotopic (exact) mass is 494 g/mol. The van der Waals surface area contributed by atoms with Gasteiger partial charge in [0.2, 0.25) is 0 Å². The van der Waals surface area contributed by atoms with Gasteiger partial charge in [-0.15, -0.1) is 11.8 Å². The Balaban J connectivity index is 1.26. The molecule has 3 atom stereocenters. The Morgan fingerprint density at radius 1 is 1.17 bits per heavy atom. The third-order valence-electron chi connectivity index (χ3n) is 7.33. The number of piperidine rings is 1. The van der Waals surface area contributed by atoms with E-state index >= 15 is 0 Å². The maximum atomic E-state index is 11.0. The zero-order valence-corrected chi connectivity index (χ0v) is 21.7. The van der Waals surface area contributed by atoms with E-state index in [1.54, 1.807) is 13.3 Å². The number of hydrogen-bond acceptors (Lipinski definition) is 6. The van der Waals surface area contributed by atoms with Crippen LogP contribution in [0.4, 0.5) is 0 Å². The number of thioether (sulfide) groups is 1. The number of aliphatic hydroxyl groups is 2. The minimum atomic E-state index is -0.552. The molecular weight excluding hydrogens is 456 g/mol. The highest BCUT2D eigenvalue weighted by Crippen LogP contribution is 2.33. The molecule has 0 radical (unpaired) electrons. The second-order valence-electron chi connectivity index (χ2n) is 9.64. The van der Waals surface area contributed by atoms with Crippen molar-refractivity contribution in [1.82, 2.24) is 9.88 Å². The molecule has 1 aromatic heterocycles. The van der Waals surface area contributed by atoms with Crippen LogP contribution < -0.4 is 4.74 Å². The molecule has 188 valence electrons. The van der Waals surface area contributed by atoms with Crippen LogP contribution in [0.25, 0.3) is 10.9 Å². The zero-order valence-electron chi connectivity index (χ0n) is 20.9. The van der Waals surface area contributed by atoms with Crippen molar-refractivity contribution < 1.29 is 14.9 Å². The number of benzene rings is 2. The van der Waals surface area contributed by atoms with Gasteiger partial charge in [0.1, 0.15) is 5.75 Å². The molecule has 6 heteroatoms. The van der Waals surface area contributed by atoms with Crippen LogP contribution >= 0.6 is 11.8 Å². The van der Waals surface area contributed by atoms with Gasteiger partial charge in [0.25, 0.3) is 0 Å². The van der Waals surface area contributed by atoms with E-state index in [0.717, 1.165) is 66.9 Å². The molecule has 4 rings (SSSR count). The third-order valence-corrected chi connectivity index (χ3v) is 8.59. The molecule has 1 aliphatic heterocycles. The van der Waals surface area contributed by atoms with Crippen molar-refractivity contribution in [3.8, 4) is 5.75 Å². The van der Waals surface area contributed by atoms with Gasteiger partial charge in [-0.2, -0.15) is 0 Å². The zero-order chi connectivity index (χ0) is 24.6. The largest absolute Gasteiger partial charge is 0.497 e. The maximum Gasteiger partial charge on any atom is 0.119 e. The lowest BCUT2D eigenvalue weighted by atomic mass is 9.81. The molecule has 0 amide bonds. The van der Waals surface area contributed by atoms with Crippen LogP contribution in [0.2, 0.25) is 0 Å². The molecule has 0 spiro atoms. The summed E-state index contributed by atoms with van der Waals surface area (Å²) in [7, 11) is 1.65. The Morgan fingerprint density at radius 3 is 2.83 bits per heavy atom. The minimum absolute atomic E-state index is 0.213. The normalized spacial score (nSPS) is 19.7. The van der Waals surface area contributed by atoms with Crippen molar-refractivity contribution >= 4 is 22.7 Å². The van der Waals surface area contributed by atoms with E-state index in [2.05, 4.69) is 41.1 Å². The fourth-order valence-electron chi connectivity index (χ4n) is 5.23. The fourth-order valence-corrected chi connectivity index (χ4v) is 6.19. The smallest absolute Gasteiger partial charge is 0.119 e. The van der Waals surface area contributed by atoms with Crippen molar-refractivity contribution in [2.45, 2.75) is 43.6 Å². The molecule has 0 bridgehead atoms. The van der Waals surface area contributed by atoms with E-state index in [4.69, 9.17) is 4.74 Å². The molecule has 0 aliphatic carbocycles. The molecule has 2 N–H and O–H groups in total. The molecule has 2 heterocycles. The Kier molecular flexibility index (Phi) is 9.44. The van der Waals surface area contributed by atoms with Gasteiger partial charge >= 0.3 is 0 Å². The van der Waals surface area contributed by atoms with Crippen molar-refractivity contribution in [2.75, 3.05) is 39.1 Å². The Morgan fingerprint density at radius 2 is 2.03 bits per heavy atom. The maximum absolute atomic E-state index is 11.0. The van der Waals surface area contributed by atoms with Gasteiger partial charge in [0.05, 0.1) is 18.7 Å². The summed E-state index contributed by atoms with van der Waals surface area (Å²) in [5.74, 6) is 2.60. The summed E-state index contributed by atoms with van der Waals surface area (Å²) < 4.78 is 5.37. The van der Waals surface area contributed by atoms with Crippen molar-refractivity contribution in [2.24, 2.45) is 11.8 Å². The highest BCUT2D eigenvalue weighted by molar-refractivity contribution is 7.99. The topological polar surface area (TPSA) is 65.8 Å². The first-order valence-electron chi connectivity index (χ1n) is 12.7. The van der Waals surface area contributed by atoms with Gasteiger partial charge in [0, 0.05) is 29.6 Å². The summed E-state index contributed by atoms with van der Waals surface area (Å²) in [6.45, 7) is 5.48. The standard InChI is InChI=1S/C29H38N2O3S/c1-21-6-3-4-7-29(21)35-17-5-15-31-16-13-22(23(19-31)20-32)8-11-28(33)25-12-14-30-27-10-9-24(34-2)18-26(25)27/h3-4,6-7,9-10,12,14,18,22-23,28,32-33H,5,8,11,13,15-17,19-20H2,1-2H3/t22-,23-,28-/m1/s1. The number of aliphatic hydroxyl groups excluding tert-OH is 2. The summed E-state index contributed by atoms with van der Waals surface area (Å²) in [4.78, 5) is 8.31. The van der Waals surface area contributed by atoms with Crippen molar-refractivity contribution in [3.05, 3.63) is 65.9 Å². The molecule has 0 saturated carbocycles. The Bertz CT molecular complexity index is 1090. The van der Waals surface area contributed by atoms with Crippen LogP contribution in [0.1, 0.15) is 42.9 Å². The van der Waals surface area contributed by atoms with Gasteiger partial charge in [0.15, 0.2) is 0 Å². The number of hydrogen-bond donors (Lipinski definition) is 2. The number of methoxy groups -OCH3 is 1. The highest BCUT2D eigenvalue weighted by atomic mass is 32.2. The second-order valence-corrected chi connectivity index (χ2v) is 10.8. The number of nitrogens with zero attached hydrogens (tertiary/aromatic N) is 2. The Hall–Kier alpha value is -2.12. The summed E-state index contributed by atoms with van der Waals surface area (Å²) in [5, 5.41) is 22.1. The van der Waals surface area contributed by atoms with Crippen LogP contribution in [0.3, 0.4) is 0 Å². The second kappa shape index (κ2) is 12.7. The molecular formula is C29H38N2O3S. The first-order chi connectivity index (χ1) is 17.1. The quantitative estimate of drug-likeness (QED) is 0.272. The molecule has 3 aromatic rings. The van der Waals surface area contributed by atoms with E-state index in [0.29, 0.717) is 12.3 Å². The first kappa shape index (κ1) is 26.0. The van der Waals surface area contributed by atoms with Gasteiger partial charge < -0.3 is 19.8 Å². The molecule has 35 heavy (non-hydrogen) atoms. The van der Waals surface area contributed by atoms with Crippen molar-refractivity contribution in [3.63, 3.8) is 0 Å². The van der Waals surface area contributed by atoms with E-state index in [9.17, 15) is 10.2 Å². The number of likely N-dealkylation sites (tertiary alicyclic amines) is 1. The van der Waals surface area contributed by atoms with Crippen LogP contribution in [0.5, 0.6) is 5.75 Å². The van der Waals surface area contributed by atoms with Crippen LogP contribution in [-0.2, 0) is 0 Å². The van der Waals surface area contributed by atoms with Gasteiger partial charge in [-0.1, -0.05) is 18.2 Å². The summed E-state index contributed by atoms with van der Waals surface area (Å²) >= 11 is 1.94.